The van der Waals surface area contributed by atoms with Crippen molar-refractivity contribution < 1.29 is 9.59 Å². The van der Waals surface area contributed by atoms with Gasteiger partial charge in [0.25, 0.3) is 0 Å². The van der Waals surface area contributed by atoms with E-state index in [2.05, 4.69) is 16.0 Å². The Bertz CT molecular complexity index is 1200. The molecule has 0 bridgehead atoms. The van der Waals surface area contributed by atoms with E-state index in [1.165, 1.54) is 18.7 Å². The minimum atomic E-state index is -0.324. The van der Waals surface area contributed by atoms with Crippen LogP contribution >= 0.6 is 47.2 Å². The number of amides is 1. The fraction of sp³-hybridized carbons (Fsp3) is 0.160. The van der Waals surface area contributed by atoms with Crippen LogP contribution in [0.3, 0.4) is 0 Å². The molecule has 3 rings (SSSR count). The first kappa shape index (κ1) is 26.0. The molecule has 3 aromatic rings. The van der Waals surface area contributed by atoms with Gasteiger partial charge in [0.15, 0.2) is 10.9 Å². The molecule has 176 valence electrons. The third-order valence-electron chi connectivity index (χ3n) is 4.79. The van der Waals surface area contributed by atoms with Gasteiger partial charge in [-0.1, -0.05) is 42.3 Å². The average molecular weight is 533 g/mol. The highest BCUT2D eigenvalue weighted by molar-refractivity contribution is 8.00. The Kier molecular flexibility index (Phi) is 9.36. The number of ketones is 1. The van der Waals surface area contributed by atoms with Crippen LogP contribution in [0.15, 0.2) is 71.6 Å². The molecular weight excluding hydrogens is 509 g/mol. The quantitative estimate of drug-likeness (QED) is 0.158. The maximum atomic E-state index is 12.8. The first-order valence-corrected chi connectivity index (χ1v) is 12.5. The molecule has 0 aliphatic heterocycles. The third kappa shape index (κ3) is 7.21. The van der Waals surface area contributed by atoms with E-state index in [1.807, 2.05) is 31.2 Å². The molecule has 0 saturated heterocycles. The molecule has 0 fully saturated rings. The van der Waals surface area contributed by atoms with Gasteiger partial charge in [-0.3, -0.25) is 9.59 Å². The summed E-state index contributed by atoms with van der Waals surface area (Å²) in [7, 11) is 0. The topological polar surface area (TPSA) is 70.2 Å². The number of hydrogen-bond donors (Lipinski definition) is 3. The summed E-state index contributed by atoms with van der Waals surface area (Å²) in [5, 5.41) is 9.91. The van der Waals surface area contributed by atoms with Crippen molar-refractivity contribution in [2.45, 2.75) is 30.4 Å². The van der Waals surface area contributed by atoms with Gasteiger partial charge in [0.05, 0.1) is 21.0 Å². The molecule has 3 N–H and O–H groups in total. The Morgan fingerprint density at radius 1 is 0.941 bits per heavy atom. The molecule has 0 saturated carbocycles. The Labute approximate surface area is 218 Å². The molecule has 3 aromatic carbocycles. The monoisotopic (exact) mass is 531 g/mol. The number of hydrogen-bond acceptors (Lipinski definition) is 4. The molecule has 1 atom stereocenters. The third-order valence-corrected chi connectivity index (χ3v) is 7.17. The van der Waals surface area contributed by atoms with E-state index in [4.69, 9.17) is 35.4 Å². The summed E-state index contributed by atoms with van der Waals surface area (Å²) in [4.78, 5) is 25.2. The van der Waals surface area contributed by atoms with E-state index in [-0.39, 0.29) is 16.9 Å². The van der Waals surface area contributed by atoms with E-state index in [9.17, 15) is 9.59 Å². The molecule has 0 radical (unpaired) electrons. The number of Topliss-reactive ketones (excluding diaryl/α,β-unsaturated/α-hetero) is 1. The highest BCUT2D eigenvalue weighted by Crippen LogP contribution is 2.32. The van der Waals surface area contributed by atoms with Crippen molar-refractivity contribution in [2.24, 2.45) is 0 Å². The van der Waals surface area contributed by atoms with Gasteiger partial charge in [0.2, 0.25) is 5.91 Å². The fourth-order valence-electron chi connectivity index (χ4n) is 3.03. The van der Waals surface area contributed by atoms with Crippen LogP contribution in [-0.2, 0) is 4.79 Å². The summed E-state index contributed by atoms with van der Waals surface area (Å²) in [6.07, 6.45) is 0.628. The van der Waals surface area contributed by atoms with Crippen LogP contribution in [0.25, 0.3) is 0 Å². The lowest BCUT2D eigenvalue weighted by molar-refractivity contribution is -0.115. The zero-order valence-electron chi connectivity index (χ0n) is 18.5. The van der Waals surface area contributed by atoms with E-state index in [0.717, 1.165) is 16.3 Å². The standard InChI is InChI=1S/C25H23Cl2N3O2S2/c1-3-22(24(32)30-21-9-5-8-20(26)23(21)27)34-19-7-4-6-18(14-19)29-25(33)28-17-12-10-16(11-13-17)15(2)31/h4-14,22H,3H2,1-2H3,(H,30,32)(H2,28,29,33). The number of thiocarbonyl (C=S) groups is 1. The SMILES string of the molecule is CCC(Sc1cccc(NC(=S)Nc2ccc(C(C)=O)cc2)c1)C(=O)Nc1cccc(Cl)c1Cl. The van der Waals surface area contributed by atoms with Crippen LogP contribution in [0, 0.1) is 0 Å². The zero-order chi connectivity index (χ0) is 24.7. The van der Waals surface area contributed by atoms with Crippen LogP contribution in [0.5, 0.6) is 0 Å². The molecule has 0 aliphatic carbocycles. The van der Waals surface area contributed by atoms with Crippen LogP contribution in [0.1, 0.15) is 30.6 Å². The highest BCUT2D eigenvalue weighted by atomic mass is 35.5. The van der Waals surface area contributed by atoms with E-state index in [1.54, 1.807) is 42.5 Å². The smallest absolute Gasteiger partial charge is 0.237 e. The fourth-order valence-corrected chi connectivity index (χ4v) is 4.63. The maximum Gasteiger partial charge on any atom is 0.237 e. The normalized spacial score (nSPS) is 11.4. The number of halogens is 2. The number of carbonyl (C=O) groups is 2. The number of thioether (sulfide) groups is 1. The lowest BCUT2D eigenvalue weighted by Crippen LogP contribution is -2.24. The van der Waals surface area contributed by atoms with E-state index < -0.39 is 0 Å². The minimum Gasteiger partial charge on any atom is -0.332 e. The van der Waals surface area contributed by atoms with Crippen molar-refractivity contribution in [3.8, 4) is 0 Å². The second-order valence-corrected chi connectivity index (χ2v) is 9.82. The Hall–Kier alpha value is -2.58. The molecule has 0 aliphatic rings. The van der Waals surface area contributed by atoms with Gasteiger partial charge in [-0.2, -0.15) is 0 Å². The Morgan fingerprint density at radius 3 is 2.29 bits per heavy atom. The summed E-state index contributed by atoms with van der Waals surface area (Å²) >= 11 is 19.1. The second kappa shape index (κ2) is 12.2. The average Bonchev–Trinajstić information content (AvgIpc) is 2.81. The number of anilines is 3. The second-order valence-electron chi connectivity index (χ2n) is 7.35. The molecule has 34 heavy (non-hydrogen) atoms. The highest BCUT2D eigenvalue weighted by Gasteiger charge is 2.19. The predicted molar refractivity (Wildman–Crippen MR) is 148 cm³/mol. The molecule has 0 heterocycles. The van der Waals surface area contributed by atoms with Crippen molar-refractivity contribution in [3.63, 3.8) is 0 Å². The molecular formula is C25H23Cl2N3O2S2. The van der Waals surface area contributed by atoms with Gasteiger partial charge >= 0.3 is 0 Å². The summed E-state index contributed by atoms with van der Waals surface area (Å²) in [5.74, 6) is -0.141. The largest absolute Gasteiger partial charge is 0.332 e. The van der Waals surface area contributed by atoms with Gasteiger partial charge in [0.1, 0.15) is 0 Å². The zero-order valence-corrected chi connectivity index (χ0v) is 21.7. The van der Waals surface area contributed by atoms with Gasteiger partial charge in [-0.05, 0) is 80.2 Å². The van der Waals surface area contributed by atoms with Gasteiger partial charge < -0.3 is 16.0 Å². The first-order chi connectivity index (χ1) is 16.3. The summed E-state index contributed by atoms with van der Waals surface area (Å²) < 4.78 is 0. The maximum absolute atomic E-state index is 12.8. The van der Waals surface area contributed by atoms with Gasteiger partial charge in [-0.25, -0.2) is 0 Å². The lowest BCUT2D eigenvalue weighted by Gasteiger charge is -2.17. The number of carbonyl (C=O) groups excluding carboxylic acids is 2. The van der Waals surface area contributed by atoms with Gasteiger partial charge in [-0.15, -0.1) is 11.8 Å². The number of benzene rings is 3. The number of nitrogens with one attached hydrogen (secondary N) is 3. The van der Waals surface area contributed by atoms with Crippen molar-refractivity contribution in [2.75, 3.05) is 16.0 Å². The molecule has 1 amide bonds. The summed E-state index contributed by atoms with van der Waals surface area (Å²) in [5.41, 5.74) is 2.69. The van der Waals surface area contributed by atoms with Crippen LogP contribution in [0.4, 0.5) is 17.1 Å². The van der Waals surface area contributed by atoms with Crippen LogP contribution in [0.2, 0.25) is 10.0 Å². The van der Waals surface area contributed by atoms with Gasteiger partial charge in [0, 0.05) is 21.8 Å². The number of rotatable bonds is 8. The molecule has 5 nitrogen and oxygen atoms in total. The first-order valence-electron chi connectivity index (χ1n) is 10.5. The van der Waals surface area contributed by atoms with Crippen molar-refractivity contribution in [1.29, 1.82) is 0 Å². The van der Waals surface area contributed by atoms with Crippen LogP contribution in [-0.4, -0.2) is 22.1 Å². The molecule has 9 heteroatoms. The molecule has 0 aromatic heterocycles. The summed E-state index contributed by atoms with van der Waals surface area (Å²) in [6, 6.07) is 19.9. The van der Waals surface area contributed by atoms with Crippen molar-refractivity contribution in [1.82, 2.24) is 0 Å². The van der Waals surface area contributed by atoms with Crippen LogP contribution < -0.4 is 16.0 Å². The Balaban J connectivity index is 1.62. The van der Waals surface area contributed by atoms with E-state index >= 15 is 0 Å². The van der Waals surface area contributed by atoms with Crippen molar-refractivity contribution in [3.05, 3.63) is 82.3 Å². The Morgan fingerprint density at radius 2 is 1.62 bits per heavy atom. The van der Waals surface area contributed by atoms with E-state index in [0.29, 0.717) is 32.8 Å². The van der Waals surface area contributed by atoms with Crippen molar-refractivity contribution >= 4 is 81.0 Å². The predicted octanol–water partition coefficient (Wildman–Crippen LogP) is 7.51. The lowest BCUT2D eigenvalue weighted by atomic mass is 10.1. The molecule has 1 unspecified atom stereocenters. The minimum absolute atomic E-state index is 0.0105. The summed E-state index contributed by atoms with van der Waals surface area (Å²) in [6.45, 7) is 3.48. The molecule has 0 spiro atoms.